The van der Waals surface area contributed by atoms with Gasteiger partial charge in [0, 0.05) is 5.75 Å². The first-order valence-electron chi connectivity index (χ1n) is 6.59. The number of H-pyrrole nitrogens is 1. The number of methoxy groups -OCH3 is 1. The lowest BCUT2D eigenvalue weighted by Crippen LogP contribution is -2.09. The van der Waals surface area contributed by atoms with Crippen molar-refractivity contribution in [2.24, 2.45) is 0 Å². The van der Waals surface area contributed by atoms with Crippen molar-refractivity contribution in [3.8, 4) is 11.4 Å². The van der Waals surface area contributed by atoms with Crippen molar-refractivity contribution in [3.05, 3.63) is 53.5 Å². The van der Waals surface area contributed by atoms with E-state index in [0.29, 0.717) is 21.9 Å². The predicted molar refractivity (Wildman–Crippen MR) is 87.0 cm³/mol. The molecule has 1 N–H and O–H groups in total. The number of thioether (sulfide) groups is 1. The van der Waals surface area contributed by atoms with E-state index in [1.165, 1.54) is 18.0 Å². The molecule has 2 heterocycles. The molecule has 3 aromatic rings. The Morgan fingerprint density at radius 2 is 2.18 bits per heavy atom. The fourth-order valence-corrected chi connectivity index (χ4v) is 2.61. The molecule has 0 saturated heterocycles. The molecule has 6 nitrogen and oxygen atoms in total. The van der Waals surface area contributed by atoms with E-state index < -0.39 is 0 Å². The molecule has 0 spiro atoms. The minimum atomic E-state index is -0.198. The molecule has 0 unspecified atom stereocenters. The second kappa shape index (κ2) is 6.07. The Hall–Kier alpha value is -2.54. The Bertz CT molecular complexity index is 867. The van der Waals surface area contributed by atoms with Crippen LogP contribution < -0.4 is 10.3 Å². The van der Waals surface area contributed by atoms with Crippen LogP contribution >= 0.6 is 11.8 Å². The molecule has 0 aliphatic rings. The maximum absolute atomic E-state index is 12.1. The second-order valence-electron chi connectivity index (χ2n) is 4.46. The predicted octanol–water partition coefficient (Wildman–Crippen LogP) is 2.40. The third kappa shape index (κ3) is 2.62. The molecule has 2 aromatic heterocycles. The SMILES string of the molecule is C=CCSc1nc2c(cnn2-c2ccc(OC)cc2)c(=O)[nH]1. The number of aromatic nitrogens is 4. The van der Waals surface area contributed by atoms with Crippen LogP contribution in [-0.2, 0) is 0 Å². The molecule has 0 aliphatic carbocycles. The van der Waals surface area contributed by atoms with Gasteiger partial charge < -0.3 is 9.72 Å². The zero-order valence-corrected chi connectivity index (χ0v) is 12.8. The molecule has 7 heteroatoms. The van der Waals surface area contributed by atoms with Gasteiger partial charge in [0.2, 0.25) is 0 Å². The van der Waals surface area contributed by atoms with Crippen LogP contribution in [-0.4, -0.2) is 32.6 Å². The monoisotopic (exact) mass is 314 g/mol. The van der Waals surface area contributed by atoms with Gasteiger partial charge in [-0.25, -0.2) is 9.67 Å². The molecular weight excluding hydrogens is 300 g/mol. The van der Waals surface area contributed by atoms with Gasteiger partial charge in [-0.1, -0.05) is 17.8 Å². The number of nitrogens with zero attached hydrogens (tertiary/aromatic N) is 3. The van der Waals surface area contributed by atoms with E-state index in [-0.39, 0.29) is 5.56 Å². The van der Waals surface area contributed by atoms with Gasteiger partial charge in [-0.15, -0.1) is 6.58 Å². The van der Waals surface area contributed by atoms with E-state index in [1.54, 1.807) is 17.9 Å². The molecule has 0 saturated carbocycles. The smallest absolute Gasteiger partial charge is 0.262 e. The van der Waals surface area contributed by atoms with Crippen molar-refractivity contribution in [1.82, 2.24) is 19.7 Å². The van der Waals surface area contributed by atoms with Crippen molar-refractivity contribution < 1.29 is 4.74 Å². The molecule has 0 fully saturated rings. The summed E-state index contributed by atoms with van der Waals surface area (Å²) < 4.78 is 6.78. The van der Waals surface area contributed by atoms with Crippen molar-refractivity contribution in [3.63, 3.8) is 0 Å². The summed E-state index contributed by atoms with van der Waals surface area (Å²) in [5.74, 6) is 1.43. The second-order valence-corrected chi connectivity index (χ2v) is 5.47. The van der Waals surface area contributed by atoms with Crippen molar-refractivity contribution in [2.75, 3.05) is 12.9 Å². The van der Waals surface area contributed by atoms with Gasteiger partial charge in [-0.2, -0.15) is 5.10 Å². The summed E-state index contributed by atoms with van der Waals surface area (Å²) >= 11 is 1.42. The highest BCUT2D eigenvalue weighted by atomic mass is 32.2. The number of hydrogen-bond acceptors (Lipinski definition) is 5. The summed E-state index contributed by atoms with van der Waals surface area (Å²) in [4.78, 5) is 19.3. The zero-order chi connectivity index (χ0) is 15.5. The third-order valence-electron chi connectivity index (χ3n) is 3.07. The molecular formula is C15H14N4O2S. The van der Waals surface area contributed by atoms with Crippen molar-refractivity contribution in [2.45, 2.75) is 5.16 Å². The lowest BCUT2D eigenvalue weighted by Gasteiger charge is -2.05. The molecule has 112 valence electrons. The summed E-state index contributed by atoms with van der Waals surface area (Å²) in [5, 5.41) is 5.27. The van der Waals surface area contributed by atoms with Gasteiger partial charge >= 0.3 is 0 Å². The zero-order valence-electron chi connectivity index (χ0n) is 11.9. The van der Waals surface area contributed by atoms with E-state index in [1.807, 2.05) is 24.3 Å². The van der Waals surface area contributed by atoms with Crippen LogP contribution in [0.5, 0.6) is 5.75 Å². The number of aromatic amines is 1. The van der Waals surface area contributed by atoms with Gasteiger partial charge in [0.05, 0.1) is 19.0 Å². The lowest BCUT2D eigenvalue weighted by atomic mass is 10.3. The van der Waals surface area contributed by atoms with E-state index in [0.717, 1.165) is 11.4 Å². The highest BCUT2D eigenvalue weighted by Gasteiger charge is 2.11. The first-order valence-corrected chi connectivity index (χ1v) is 7.57. The third-order valence-corrected chi connectivity index (χ3v) is 3.94. The molecule has 0 radical (unpaired) electrons. The molecule has 1 aromatic carbocycles. The number of rotatable bonds is 5. The maximum atomic E-state index is 12.1. The van der Waals surface area contributed by atoms with Gasteiger partial charge in [-0.3, -0.25) is 4.79 Å². The summed E-state index contributed by atoms with van der Waals surface area (Å²) in [6, 6.07) is 7.40. The largest absolute Gasteiger partial charge is 0.497 e. The highest BCUT2D eigenvalue weighted by molar-refractivity contribution is 7.99. The Morgan fingerprint density at radius 3 is 2.86 bits per heavy atom. The molecule has 0 bridgehead atoms. The Labute approximate surface area is 130 Å². The minimum absolute atomic E-state index is 0.198. The molecule has 22 heavy (non-hydrogen) atoms. The van der Waals surface area contributed by atoms with Gasteiger partial charge in [-0.05, 0) is 24.3 Å². The van der Waals surface area contributed by atoms with Crippen LogP contribution in [0, 0.1) is 0 Å². The Balaban J connectivity index is 2.10. The van der Waals surface area contributed by atoms with Gasteiger partial charge in [0.15, 0.2) is 10.8 Å². The molecule has 3 rings (SSSR count). The van der Waals surface area contributed by atoms with Crippen LogP contribution in [0.1, 0.15) is 0 Å². The highest BCUT2D eigenvalue weighted by Crippen LogP contribution is 2.19. The fourth-order valence-electron chi connectivity index (χ4n) is 2.02. The quantitative estimate of drug-likeness (QED) is 0.445. The standard InChI is InChI=1S/C15H14N4O2S/c1-3-8-22-15-17-13-12(14(20)18-15)9-16-19(13)10-4-6-11(21-2)7-5-10/h3-7,9H,1,8H2,2H3,(H,17,18,20). The van der Waals surface area contributed by atoms with E-state index >= 15 is 0 Å². The van der Waals surface area contributed by atoms with Crippen LogP contribution in [0.15, 0.2) is 53.1 Å². The van der Waals surface area contributed by atoms with Gasteiger partial charge in [0.1, 0.15) is 11.1 Å². The minimum Gasteiger partial charge on any atom is -0.497 e. The summed E-state index contributed by atoms with van der Waals surface area (Å²) in [6.45, 7) is 3.66. The Kier molecular flexibility index (Phi) is 3.97. The number of ether oxygens (including phenoxy) is 1. The average Bonchev–Trinajstić information content (AvgIpc) is 2.97. The van der Waals surface area contributed by atoms with Crippen LogP contribution in [0.3, 0.4) is 0 Å². The first kappa shape index (κ1) is 14.4. The van der Waals surface area contributed by atoms with Crippen molar-refractivity contribution >= 4 is 22.8 Å². The normalized spacial score (nSPS) is 10.8. The summed E-state index contributed by atoms with van der Waals surface area (Å²) in [6.07, 6.45) is 3.28. The average molecular weight is 314 g/mol. The van der Waals surface area contributed by atoms with Crippen LogP contribution in [0.2, 0.25) is 0 Å². The Morgan fingerprint density at radius 1 is 1.41 bits per heavy atom. The molecule has 0 atom stereocenters. The topological polar surface area (TPSA) is 72.8 Å². The fraction of sp³-hybridized carbons (Fsp3) is 0.133. The lowest BCUT2D eigenvalue weighted by molar-refractivity contribution is 0.414. The van der Waals surface area contributed by atoms with E-state index in [9.17, 15) is 4.79 Å². The van der Waals surface area contributed by atoms with Crippen molar-refractivity contribution in [1.29, 1.82) is 0 Å². The van der Waals surface area contributed by atoms with Crippen LogP contribution in [0.25, 0.3) is 16.7 Å². The maximum Gasteiger partial charge on any atom is 0.262 e. The molecule has 0 amide bonds. The number of nitrogens with one attached hydrogen (secondary N) is 1. The van der Waals surface area contributed by atoms with E-state index in [4.69, 9.17) is 4.74 Å². The number of benzene rings is 1. The number of fused-ring (bicyclic) bond motifs is 1. The first-order chi connectivity index (χ1) is 10.7. The summed E-state index contributed by atoms with van der Waals surface area (Å²) in [7, 11) is 1.61. The van der Waals surface area contributed by atoms with E-state index in [2.05, 4.69) is 21.6 Å². The van der Waals surface area contributed by atoms with Gasteiger partial charge in [0.25, 0.3) is 5.56 Å². The summed E-state index contributed by atoms with van der Waals surface area (Å²) in [5.41, 5.74) is 1.14. The number of hydrogen-bond donors (Lipinski definition) is 1. The van der Waals surface area contributed by atoms with Crippen LogP contribution in [0.4, 0.5) is 0 Å². The molecule has 0 aliphatic heterocycles.